The van der Waals surface area contributed by atoms with Crippen molar-refractivity contribution in [2.75, 3.05) is 5.32 Å². The fourth-order valence-electron chi connectivity index (χ4n) is 5.11. The lowest BCUT2D eigenvalue weighted by atomic mass is 9.74. The lowest BCUT2D eigenvalue weighted by Crippen LogP contribution is -2.28. The number of fused-ring (bicyclic) bond motifs is 2. The Balaban J connectivity index is 1.34. The molecule has 1 aromatic heterocycles. The largest absolute Gasteiger partial charge is 0.325 e. The van der Waals surface area contributed by atoms with Gasteiger partial charge in [-0.2, -0.15) is 0 Å². The van der Waals surface area contributed by atoms with E-state index in [0.29, 0.717) is 11.8 Å². The molecule has 156 valence electrons. The Kier molecular flexibility index (Phi) is 5.42. The third-order valence-corrected chi connectivity index (χ3v) is 7.01. The number of pyridine rings is 1. The number of nitrogens with zero attached hydrogens (tertiary/aromatic N) is 1. The van der Waals surface area contributed by atoms with Crippen LogP contribution in [0.15, 0.2) is 78.9 Å². The quantitative estimate of drug-likeness (QED) is 0.372. The van der Waals surface area contributed by atoms with E-state index in [4.69, 9.17) is 4.98 Å². The molecule has 1 atom stereocenters. The van der Waals surface area contributed by atoms with Gasteiger partial charge in [0.15, 0.2) is 0 Å². The smallest absolute Gasteiger partial charge is 0.227 e. The third kappa shape index (κ3) is 3.93. The van der Waals surface area contributed by atoms with Crippen LogP contribution in [0, 0.1) is 11.8 Å². The zero-order valence-electron chi connectivity index (χ0n) is 17.9. The standard InChI is InChI=1S/C28H28N2O/c1-19(20-9-3-2-4-10-20)21-15-17-22(18-16-21)28(31)30-27-23-11-5-7-13-25(23)29-26-14-8-6-12-24(26)27/h2-14,19,21-22H,15-18H2,1H3,(H,29,30,31). The molecule has 5 rings (SSSR count). The van der Waals surface area contributed by atoms with E-state index in [1.807, 2.05) is 48.5 Å². The van der Waals surface area contributed by atoms with Gasteiger partial charge in [0.2, 0.25) is 5.91 Å². The Morgan fingerprint density at radius 1 is 0.806 bits per heavy atom. The van der Waals surface area contributed by atoms with E-state index in [1.54, 1.807) is 0 Å². The summed E-state index contributed by atoms with van der Waals surface area (Å²) in [6.07, 6.45) is 4.11. The highest BCUT2D eigenvalue weighted by atomic mass is 16.1. The SMILES string of the molecule is CC(c1ccccc1)C1CCC(C(=O)Nc2c3ccccc3nc3ccccc23)CC1. The Morgan fingerprint density at radius 3 is 1.97 bits per heavy atom. The number of carbonyl (C=O) groups is 1. The molecule has 1 N–H and O–H groups in total. The zero-order chi connectivity index (χ0) is 21.2. The number of hydrogen-bond donors (Lipinski definition) is 1. The van der Waals surface area contributed by atoms with Crippen molar-refractivity contribution in [3.8, 4) is 0 Å². The molecule has 3 heteroatoms. The molecular formula is C28H28N2O. The summed E-state index contributed by atoms with van der Waals surface area (Å²) in [5.41, 5.74) is 4.13. The van der Waals surface area contributed by atoms with Crippen molar-refractivity contribution in [3.05, 3.63) is 84.4 Å². The average molecular weight is 409 g/mol. The van der Waals surface area contributed by atoms with Gasteiger partial charge in [-0.05, 0) is 55.2 Å². The Labute approximate surface area is 183 Å². The van der Waals surface area contributed by atoms with Crippen LogP contribution >= 0.6 is 0 Å². The number of anilines is 1. The molecule has 4 aromatic rings. The summed E-state index contributed by atoms with van der Waals surface area (Å²) in [5.74, 6) is 1.41. The van der Waals surface area contributed by atoms with Gasteiger partial charge in [-0.1, -0.05) is 73.7 Å². The van der Waals surface area contributed by atoms with Gasteiger partial charge in [-0.25, -0.2) is 4.98 Å². The van der Waals surface area contributed by atoms with Crippen LogP contribution in [0.1, 0.15) is 44.1 Å². The number of nitrogens with one attached hydrogen (secondary N) is 1. The van der Waals surface area contributed by atoms with Crippen molar-refractivity contribution in [1.82, 2.24) is 4.98 Å². The van der Waals surface area contributed by atoms with Crippen LogP contribution in [-0.2, 0) is 4.79 Å². The Morgan fingerprint density at radius 2 is 1.35 bits per heavy atom. The molecule has 0 aliphatic heterocycles. The number of aromatic nitrogens is 1. The fraction of sp³-hybridized carbons (Fsp3) is 0.286. The van der Waals surface area contributed by atoms with Crippen molar-refractivity contribution >= 4 is 33.4 Å². The number of rotatable bonds is 4. The van der Waals surface area contributed by atoms with Crippen molar-refractivity contribution in [1.29, 1.82) is 0 Å². The molecule has 1 heterocycles. The maximum absolute atomic E-state index is 13.3. The summed E-state index contributed by atoms with van der Waals surface area (Å²) >= 11 is 0. The van der Waals surface area contributed by atoms with E-state index in [9.17, 15) is 4.79 Å². The van der Waals surface area contributed by atoms with Gasteiger partial charge in [0.25, 0.3) is 0 Å². The normalized spacial score (nSPS) is 19.9. The van der Waals surface area contributed by atoms with Gasteiger partial charge in [0.1, 0.15) is 0 Å². The Bertz CT molecular complexity index is 1160. The van der Waals surface area contributed by atoms with Crippen LogP contribution in [0.2, 0.25) is 0 Å². The van der Waals surface area contributed by atoms with E-state index < -0.39 is 0 Å². The molecule has 1 fully saturated rings. The molecule has 1 aliphatic rings. The first-order valence-corrected chi connectivity index (χ1v) is 11.3. The first-order valence-electron chi connectivity index (χ1n) is 11.3. The minimum Gasteiger partial charge on any atom is -0.325 e. The molecule has 31 heavy (non-hydrogen) atoms. The van der Waals surface area contributed by atoms with Gasteiger partial charge in [0.05, 0.1) is 16.7 Å². The van der Waals surface area contributed by atoms with E-state index in [-0.39, 0.29) is 11.8 Å². The summed E-state index contributed by atoms with van der Waals surface area (Å²) < 4.78 is 0. The highest BCUT2D eigenvalue weighted by Gasteiger charge is 2.30. The summed E-state index contributed by atoms with van der Waals surface area (Å²) in [5, 5.41) is 5.30. The average Bonchev–Trinajstić information content (AvgIpc) is 2.84. The number of benzene rings is 3. The predicted octanol–water partition coefficient (Wildman–Crippen LogP) is 6.94. The van der Waals surface area contributed by atoms with Crippen molar-refractivity contribution in [2.24, 2.45) is 11.8 Å². The monoisotopic (exact) mass is 408 g/mol. The molecule has 1 amide bonds. The molecule has 0 spiro atoms. The highest BCUT2D eigenvalue weighted by molar-refractivity contribution is 6.12. The van der Waals surface area contributed by atoms with Crippen molar-refractivity contribution in [2.45, 2.75) is 38.5 Å². The van der Waals surface area contributed by atoms with E-state index >= 15 is 0 Å². The second kappa shape index (κ2) is 8.50. The molecule has 1 unspecified atom stereocenters. The topological polar surface area (TPSA) is 42.0 Å². The molecule has 1 saturated carbocycles. The van der Waals surface area contributed by atoms with Crippen LogP contribution in [0.3, 0.4) is 0 Å². The number of amides is 1. The van der Waals surface area contributed by atoms with Gasteiger partial charge in [0, 0.05) is 16.7 Å². The van der Waals surface area contributed by atoms with Crippen LogP contribution in [0.5, 0.6) is 0 Å². The summed E-state index contributed by atoms with van der Waals surface area (Å²) in [7, 11) is 0. The maximum atomic E-state index is 13.3. The van der Waals surface area contributed by atoms with Gasteiger partial charge < -0.3 is 5.32 Å². The van der Waals surface area contributed by atoms with Crippen molar-refractivity contribution in [3.63, 3.8) is 0 Å². The van der Waals surface area contributed by atoms with E-state index in [1.165, 1.54) is 5.56 Å². The molecule has 3 aromatic carbocycles. The molecule has 1 aliphatic carbocycles. The lowest BCUT2D eigenvalue weighted by Gasteiger charge is -2.32. The number of carbonyl (C=O) groups excluding carboxylic acids is 1. The third-order valence-electron chi connectivity index (χ3n) is 7.01. The maximum Gasteiger partial charge on any atom is 0.227 e. The summed E-state index contributed by atoms with van der Waals surface area (Å²) in [6.45, 7) is 2.33. The van der Waals surface area contributed by atoms with Gasteiger partial charge in [-0.15, -0.1) is 0 Å². The highest BCUT2D eigenvalue weighted by Crippen LogP contribution is 2.39. The minimum atomic E-state index is 0.0740. The summed E-state index contributed by atoms with van der Waals surface area (Å²) in [4.78, 5) is 18.0. The molecule has 0 bridgehead atoms. The van der Waals surface area contributed by atoms with Crippen LogP contribution < -0.4 is 5.32 Å². The van der Waals surface area contributed by atoms with Gasteiger partial charge in [-0.3, -0.25) is 4.79 Å². The second-order valence-corrected chi connectivity index (χ2v) is 8.82. The van der Waals surface area contributed by atoms with E-state index in [0.717, 1.165) is 53.2 Å². The van der Waals surface area contributed by atoms with E-state index in [2.05, 4.69) is 42.6 Å². The molecule has 0 radical (unpaired) electrons. The fourth-order valence-corrected chi connectivity index (χ4v) is 5.11. The van der Waals surface area contributed by atoms with Crippen molar-refractivity contribution < 1.29 is 4.79 Å². The Hall–Kier alpha value is -3.20. The predicted molar refractivity (Wildman–Crippen MR) is 128 cm³/mol. The molecule has 0 saturated heterocycles. The van der Waals surface area contributed by atoms with Gasteiger partial charge >= 0.3 is 0 Å². The summed E-state index contributed by atoms with van der Waals surface area (Å²) in [6, 6.07) is 26.9. The molecule has 3 nitrogen and oxygen atoms in total. The first kappa shape index (κ1) is 19.7. The second-order valence-electron chi connectivity index (χ2n) is 8.82. The zero-order valence-corrected chi connectivity index (χ0v) is 17.9. The molecular weight excluding hydrogens is 380 g/mol. The minimum absolute atomic E-state index is 0.0740. The van der Waals surface area contributed by atoms with Crippen LogP contribution in [0.4, 0.5) is 5.69 Å². The number of hydrogen-bond acceptors (Lipinski definition) is 2. The number of para-hydroxylation sites is 2. The van der Waals surface area contributed by atoms with Crippen LogP contribution in [-0.4, -0.2) is 10.9 Å². The van der Waals surface area contributed by atoms with Crippen LogP contribution in [0.25, 0.3) is 21.8 Å². The first-order chi connectivity index (χ1) is 15.2. The lowest BCUT2D eigenvalue weighted by molar-refractivity contribution is -0.121.